The summed E-state index contributed by atoms with van der Waals surface area (Å²) in [7, 11) is 3.02. The van der Waals surface area contributed by atoms with Gasteiger partial charge in [0.2, 0.25) is 5.91 Å². The average Bonchev–Trinajstić information content (AvgIpc) is 2.42. The highest BCUT2D eigenvalue weighted by molar-refractivity contribution is 5.79. The fourth-order valence-electron chi connectivity index (χ4n) is 2.03. The number of ether oxygens (including phenoxy) is 2. The number of hydrogen-bond donors (Lipinski definition) is 1. The third-order valence-electron chi connectivity index (χ3n) is 3.12. The van der Waals surface area contributed by atoms with Gasteiger partial charge in [0.25, 0.3) is 0 Å². The summed E-state index contributed by atoms with van der Waals surface area (Å²) in [6.07, 6.45) is 1.91. The minimum atomic E-state index is -0.311. The molecule has 0 atom stereocenters. The van der Waals surface area contributed by atoms with Gasteiger partial charge in [-0.3, -0.25) is 4.79 Å². The monoisotopic (exact) mass is 258 g/mol. The molecule has 0 aromatic carbocycles. The van der Waals surface area contributed by atoms with Gasteiger partial charge in [0.05, 0.1) is 7.11 Å². The molecular formula is C12H22N2O4. The maximum Gasteiger partial charge on any atom is 0.409 e. The van der Waals surface area contributed by atoms with E-state index in [0.29, 0.717) is 39.1 Å². The molecule has 18 heavy (non-hydrogen) atoms. The quantitative estimate of drug-likeness (QED) is 0.734. The van der Waals surface area contributed by atoms with Crippen LogP contribution in [0, 0.1) is 5.92 Å². The number of methoxy groups -OCH3 is 2. The van der Waals surface area contributed by atoms with Gasteiger partial charge in [-0.25, -0.2) is 4.79 Å². The Balaban J connectivity index is 2.21. The molecule has 6 heteroatoms. The Bertz CT molecular complexity index is 275. The fourth-order valence-corrected chi connectivity index (χ4v) is 2.03. The zero-order chi connectivity index (χ0) is 13.4. The Morgan fingerprint density at radius 1 is 1.28 bits per heavy atom. The van der Waals surface area contributed by atoms with Crippen LogP contribution in [0.3, 0.4) is 0 Å². The number of carbonyl (C=O) groups is 2. The molecule has 104 valence electrons. The third-order valence-corrected chi connectivity index (χ3v) is 3.12. The molecule has 0 unspecified atom stereocenters. The van der Waals surface area contributed by atoms with Crippen LogP contribution >= 0.6 is 0 Å². The lowest BCUT2D eigenvalue weighted by atomic mass is 9.96. The van der Waals surface area contributed by atoms with Gasteiger partial charge in [-0.15, -0.1) is 0 Å². The molecule has 1 aliphatic heterocycles. The maximum absolute atomic E-state index is 11.8. The van der Waals surface area contributed by atoms with Crippen LogP contribution in [0.4, 0.5) is 4.79 Å². The molecule has 0 bridgehead atoms. The van der Waals surface area contributed by atoms with E-state index < -0.39 is 0 Å². The molecule has 0 aliphatic carbocycles. The highest BCUT2D eigenvalue weighted by atomic mass is 16.5. The lowest BCUT2D eigenvalue weighted by Crippen LogP contribution is -2.43. The Hall–Kier alpha value is -1.30. The Morgan fingerprint density at radius 2 is 1.94 bits per heavy atom. The molecule has 1 saturated heterocycles. The van der Waals surface area contributed by atoms with Crippen LogP contribution in [0.15, 0.2) is 0 Å². The van der Waals surface area contributed by atoms with Crippen LogP contribution in [0.2, 0.25) is 0 Å². The fraction of sp³-hybridized carbons (Fsp3) is 0.833. The average molecular weight is 258 g/mol. The molecule has 0 spiro atoms. The number of piperidine rings is 1. The van der Waals surface area contributed by atoms with E-state index in [-0.39, 0.29) is 17.9 Å². The third kappa shape index (κ3) is 4.52. The maximum atomic E-state index is 11.8. The van der Waals surface area contributed by atoms with E-state index in [4.69, 9.17) is 4.74 Å². The zero-order valence-electron chi connectivity index (χ0n) is 11.1. The molecule has 6 nitrogen and oxygen atoms in total. The van der Waals surface area contributed by atoms with Crippen LogP contribution in [0.1, 0.15) is 19.3 Å². The van der Waals surface area contributed by atoms with E-state index >= 15 is 0 Å². The van der Waals surface area contributed by atoms with Crippen molar-refractivity contribution in [2.24, 2.45) is 5.92 Å². The number of likely N-dealkylation sites (tertiary alicyclic amines) is 1. The van der Waals surface area contributed by atoms with Crippen molar-refractivity contribution in [1.29, 1.82) is 0 Å². The van der Waals surface area contributed by atoms with Gasteiger partial charge in [0, 0.05) is 39.3 Å². The zero-order valence-corrected chi connectivity index (χ0v) is 11.1. The van der Waals surface area contributed by atoms with Crippen molar-refractivity contribution >= 4 is 12.0 Å². The van der Waals surface area contributed by atoms with E-state index in [1.165, 1.54) is 7.11 Å². The van der Waals surface area contributed by atoms with E-state index in [1.807, 2.05) is 0 Å². The molecule has 1 rings (SSSR count). The van der Waals surface area contributed by atoms with Crippen molar-refractivity contribution in [2.45, 2.75) is 19.3 Å². The summed E-state index contributed by atoms with van der Waals surface area (Å²) in [4.78, 5) is 24.7. The van der Waals surface area contributed by atoms with Crippen LogP contribution in [-0.4, -0.2) is 57.4 Å². The number of carbonyl (C=O) groups excluding carboxylic acids is 2. The van der Waals surface area contributed by atoms with E-state index in [0.717, 1.165) is 6.42 Å². The lowest BCUT2D eigenvalue weighted by Gasteiger charge is -2.30. The first-order chi connectivity index (χ1) is 8.69. The second-order valence-electron chi connectivity index (χ2n) is 4.37. The summed E-state index contributed by atoms with van der Waals surface area (Å²) in [6, 6.07) is 0. The van der Waals surface area contributed by atoms with Crippen LogP contribution in [-0.2, 0) is 14.3 Å². The highest BCUT2D eigenvalue weighted by Gasteiger charge is 2.27. The molecular weight excluding hydrogens is 236 g/mol. The summed E-state index contributed by atoms with van der Waals surface area (Å²) in [6.45, 7) is 2.47. The van der Waals surface area contributed by atoms with Crippen molar-refractivity contribution in [3.8, 4) is 0 Å². The second-order valence-corrected chi connectivity index (χ2v) is 4.37. The summed E-state index contributed by atoms with van der Waals surface area (Å²) in [5, 5.41) is 2.89. The molecule has 2 amide bonds. The van der Waals surface area contributed by atoms with E-state index in [2.05, 4.69) is 10.1 Å². The molecule has 1 aliphatic rings. The van der Waals surface area contributed by atoms with Crippen LogP contribution < -0.4 is 5.32 Å². The van der Waals surface area contributed by atoms with Crippen molar-refractivity contribution in [3.05, 3.63) is 0 Å². The van der Waals surface area contributed by atoms with Gasteiger partial charge < -0.3 is 19.7 Å². The molecule has 0 saturated carbocycles. The van der Waals surface area contributed by atoms with E-state index in [1.54, 1.807) is 12.0 Å². The standard InChI is InChI=1S/C12H22N2O4/c1-17-9-3-6-13-11(15)10-4-7-14(8-5-10)12(16)18-2/h10H,3-9H2,1-2H3,(H,13,15). The molecule has 1 N–H and O–H groups in total. The predicted octanol–water partition coefficient (Wildman–Crippen LogP) is 0.618. The predicted molar refractivity (Wildman–Crippen MR) is 66.2 cm³/mol. The Kier molecular flexibility index (Phi) is 6.49. The van der Waals surface area contributed by atoms with Gasteiger partial charge in [-0.05, 0) is 19.3 Å². The lowest BCUT2D eigenvalue weighted by molar-refractivity contribution is -0.126. The van der Waals surface area contributed by atoms with Crippen LogP contribution in [0.25, 0.3) is 0 Å². The first-order valence-electron chi connectivity index (χ1n) is 6.28. The van der Waals surface area contributed by atoms with Gasteiger partial charge in [0.1, 0.15) is 0 Å². The number of hydrogen-bond acceptors (Lipinski definition) is 4. The number of rotatable bonds is 5. The van der Waals surface area contributed by atoms with Gasteiger partial charge in [-0.1, -0.05) is 0 Å². The molecule has 1 heterocycles. The minimum Gasteiger partial charge on any atom is -0.453 e. The van der Waals surface area contributed by atoms with Crippen LogP contribution in [0.5, 0.6) is 0 Å². The Morgan fingerprint density at radius 3 is 2.50 bits per heavy atom. The smallest absolute Gasteiger partial charge is 0.409 e. The number of nitrogens with one attached hydrogen (secondary N) is 1. The van der Waals surface area contributed by atoms with Gasteiger partial charge >= 0.3 is 6.09 Å². The number of amides is 2. The first-order valence-corrected chi connectivity index (χ1v) is 6.28. The number of nitrogens with zero attached hydrogens (tertiary/aromatic N) is 1. The molecule has 1 fully saturated rings. The molecule has 0 aromatic rings. The summed E-state index contributed by atoms with van der Waals surface area (Å²) < 4.78 is 9.56. The van der Waals surface area contributed by atoms with Gasteiger partial charge in [-0.2, -0.15) is 0 Å². The highest BCUT2D eigenvalue weighted by Crippen LogP contribution is 2.17. The van der Waals surface area contributed by atoms with Crippen molar-refractivity contribution in [3.63, 3.8) is 0 Å². The topological polar surface area (TPSA) is 67.9 Å². The Labute approximate surface area is 108 Å². The van der Waals surface area contributed by atoms with Gasteiger partial charge in [0.15, 0.2) is 0 Å². The van der Waals surface area contributed by atoms with Crippen molar-refractivity contribution in [2.75, 3.05) is 40.5 Å². The molecule has 0 radical (unpaired) electrons. The summed E-state index contributed by atoms with van der Waals surface area (Å²) in [5.41, 5.74) is 0. The first kappa shape index (κ1) is 14.8. The van der Waals surface area contributed by atoms with E-state index in [9.17, 15) is 9.59 Å². The SMILES string of the molecule is COCCCNC(=O)C1CCN(C(=O)OC)CC1. The van der Waals surface area contributed by atoms with Crippen molar-refractivity contribution < 1.29 is 19.1 Å². The normalized spacial score (nSPS) is 16.4. The second kappa shape index (κ2) is 7.92. The molecule has 0 aromatic heterocycles. The summed E-state index contributed by atoms with van der Waals surface area (Å²) >= 11 is 0. The largest absolute Gasteiger partial charge is 0.453 e. The van der Waals surface area contributed by atoms with Crippen molar-refractivity contribution in [1.82, 2.24) is 10.2 Å². The summed E-state index contributed by atoms with van der Waals surface area (Å²) in [5.74, 6) is 0.0871. The minimum absolute atomic E-state index is 0.00783.